The van der Waals surface area contributed by atoms with Crippen molar-refractivity contribution in [2.75, 3.05) is 0 Å². The third-order valence-electron chi connectivity index (χ3n) is 10.2. The largest absolute Gasteiger partial charge is 0.343 e. The lowest BCUT2D eigenvalue weighted by atomic mass is 9.84. The molecule has 4 heterocycles. The van der Waals surface area contributed by atoms with Gasteiger partial charge >= 0.3 is 0 Å². The molecule has 0 amide bonds. The van der Waals surface area contributed by atoms with Gasteiger partial charge in [0.25, 0.3) is 0 Å². The first kappa shape index (κ1) is 27.7. The molecule has 0 spiro atoms. The summed E-state index contributed by atoms with van der Waals surface area (Å²) in [5, 5.41) is 4.68. The van der Waals surface area contributed by atoms with Gasteiger partial charge in [-0.2, -0.15) is 0 Å². The predicted octanol–water partition coefficient (Wildman–Crippen LogP) is 4.80. The van der Waals surface area contributed by atoms with E-state index in [1.807, 2.05) is 0 Å². The molecule has 0 saturated carbocycles. The molecule has 0 fully saturated rings. The topological polar surface area (TPSA) is 78.1 Å². The van der Waals surface area contributed by atoms with Gasteiger partial charge in [0.15, 0.2) is 23.1 Å². The molecule has 6 nitrogen and oxygen atoms in total. The van der Waals surface area contributed by atoms with Gasteiger partial charge in [-0.25, -0.2) is 0 Å². The minimum Gasteiger partial charge on any atom is -0.343 e. The lowest BCUT2D eigenvalue weighted by Gasteiger charge is -2.21. The summed E-state index contributed by atoms with van der Waals surface area (Å²) < 4.78 is 6.70. The van der Waals surface area contributed by atoms with Gasteiger partial charge in [-0.3, -0.25) is 19.2 Å². The summed E-state index contributed by atoms with van der Waals surface area (Å²) in [5.41, 5.74) is 4.51. The summed E-state index contributed by atoms with van der Waals surface area (Å²) in [5.74, 6) is -0.500. The first-order valence-corrected chi connectivity index (χ1v) is 17.3. The Kier molecular flexibility index (Phi) is 5.51. The van der Waals surface area contributed by atoms with Crippen molar-refractivity contribution in [2.45, 2.75) is 0 Å². The van der Waals surface area contributed by atoms with Crippen LogP contribution >= 0.6 is 22.7 Å². The molecule has 0 radical (unpaired) electrons. The Labute approximate surface area is 280 Å². The van der Waals surface area contributed by atoms with Crippen LogP contribution in [-0.2, 0) is 14.1 Å². The number of rotatable bonds is 2. The first-order chi connectivity index (χ1) is 23.3. The molecule has 48 heavy (non-hydrogen) atoms. The van der Waals surface area contributed by atoms with Crippen LogP contribution in [0.25, 0.3) is 56.9 Å². The number of thiophene rings is 2. The molecular weight excluding hydrogens is 637 g/mol. The van der Waals surface area contributed by atoms with Gasteiger partial charge in [0.05, 0.1) is 31.6 Å². The molecule has 6 aromatic rings. The zero-order chi connectivity index (χ0) is 32.6. The predicted molar refractivity (Wildman–Crippen MR) is 191 cm³/mol. The molecule has 230 valence electrons. The van der Waals surface area contributed by atoms with Crippen molar-refractivity contribution in [1.82, 2.24) is 9.13 Å². The maximum atomic E-state index is 13.0. The number of hydrogen-bond acceptors (Lipinski definition) is 6. The summed E-state index contributed by atoms with van der Waals surface area (Å²) >= 11 is 3.23. The molecule has 0 bridgehead atoms. The van der Waals surface area contributed by atoms with Crippen molar-refractivity contribution in [3.63, 3.8) is 0 Å². The van der Waals surface area contributed by atoms with Crippen molar-refractivity contribution in [2.24, 2.45) is 25.9 Å². The summed E-state index contributed by atoms with van der Waals surface area (Å²) in [6.45, 7) is 0. The number of ketones is 4. The molecule has 0 saturated heterocycles. The lowest BCUT2D eigenvalue weighted by molar-refractivity contribution is 0.0975. The SMILES string of the molecule is Cn1c2c(c3sc(C=C4C(=O)c5ccccc5C4=O)cc31)=CC1C=c3c(c4sc(C=C5C(=O)c6ccccc6C5=O)cc4n3C)=CC1C=2. The standard InChI is InChI=1S/C40H24N2O4S2/c1-41-31-13-19-12-28-32(42(2)34-18-22(48-40(28)34)16-30-37(45)25-9-5-6-10-26(25)38(30)46)14-20(19)11-27(31)39-33(41)17-21(47-39)15-29-35(43)23-7-3-4-8-24(23)36(29)44/h3-20H,1-2H3. The van der Waals surface area contributed by atoms with E-state index in [2.05, 4.69) is 59.7 Å². The first-order valence-electron chi connectivity index (χ1n) is 15.7. The summed E-state index contributed by atoms with van der Waals surface area (Å²) in [6.07, 6.45) is 12.9. The molecule has 2 unspecified atom stereocenters. The second kappa shape index (κ2) is 9.56. The number of carbonyl (C=O) groups is 4. The normalized spacial score (nSPS) is 19.0. The Hall–Kier alpha value is -5.44. The van der Waals surface area contributed by atoms with Crippen molar-refractivity contribution in [3.8, 4) is 0 Å². The fraction of sp³-hybridized carbons (Fsp3) is 0.100. The van der Waals surface area contributed by atoms with Gasteiger partial charge < -0.3 is 9.13 Å². The highest BCUT2D eigenvalue weighted by Gasteiger charge is 2.34. The molecule has 2 atom stereocenters. The molecule has 4 aromatic heterocycles. The van der Waals surface area contributed by atoms with E-state index in [1.165, 1.54) is 10.4 Å². The highest BCUT2D eigenvalue weighted by atomic mass is 32.1. The number of aromatic nitrogens is 2. The van der Waals surface area contributed by atoms with E-state index >= 15 is 0 Å². The minimum absolute atomic E-state index is 0.170. The monoisotopic (exact) mass is 660 g/mol. The molecule has 4 aliphatic carbocycles. The van der Waals surface area contributed by atoms with Gasteiger partial charge in [0, 0.05) is 79.1 Å². The molecular formula is C40H24N2O4S2. The Bertz CT molecular complexity index is 2630. The molecule has 2 aromatic carbocycles. The van der Waals surface area contributed by atoms with Crippen LogP contribution in [0.2, 0.25) is 0 Å². The minimum atomic E-state index is -0.210. The van der Waals surface area contributed by atoms with Gasteiger partial charge in [0.1, 0.15) is 0 Å². The molecule has 8 heteroatoms. The molecule has 0 aliphatic heterocycles. The fourth-order valence-corrected chi connectivity index (χ4v) is 10.1. The third-order valence-corrected chi connectivity index (χ3v) is 12.4. The number of Topliss-reactive ketones (excluding diaryl/α,β-unsaturated/α-hetero) is 4. The van der Waals surface area contributed by atoms with Crippen molar-refractivity contribution < 1.29 is 19.2 Å². The molecule has 4 aliphatic rings. The van der Waals surface area contributed by atoms with Crippen LogP contribution in [0.5, 0.6) is 0 Å². The van der Waals surface area contributed by atoms with E-state index in [4.69, 9.17) is 0 Å². The highest BCUT2D eigenvalue weighted by Crippen LogP contribution is 2.34. The van der Waals surface area contributed by atoms with Crippen molar-refractivity contribution in [1.29, 1.82) is 0 Å². The average molecular weight is 661 g/mol. The average Bonchev–Trinajstić information content (AvgIpc) is 3.91. The number of fused-ring (bicyclic) bond motifs is 9. The van der Waals surface area contributed by atoms with Gasteiger partial charge in [-0.15, -0.1) is 22.7 Å². The number of aryl methyl sites for hydroxylation is 2. The van der Waals surface area contributed by atoms with E-state index in [0.717, 1.165) is 40.9 Å². The summed E-state index contributed by atoms with van der Waals surface area (Å²) in [6, 6.07) is 18.2. The number of benzene rings is 2. The second-order valence-corrected chi connectivity index (χ2v) is 15.0. The summed E-state index contributed by atoms with van der Waals surface area (Å²) in [4.78, 5) is 53.9. The van der Waals surface area contributed by atoms with Crippen molar-refractivity contribution in [3.05, 3.63) is 125 Å². The second-order valence-electron chi connectivity index (χ2n) is 12.8. The van der Waals surface area contributed by atoms with Crippen LogP contribution in [-0.4, -0.2) is 32.3 Å². The van der Waals surface area contributed by atoms with Gasteiger partial charge in [0.2, 0.25) is 0 Å². The molecule has 0 N–H and O–H groups in total. The van der Waals surface area contributed by atoms with E-state index in [9.17, 15) is 19.2 Å². The smallest absolute Gasteiger partial charge is 0.197 e. The van der Waals surface area contributed by atoms with E-state index in [1.54, 1.807) is 83.4 Å². The molecule has 10 rings (SSSR count). The zero-order valence-electron chi connectivity index (χ0n) is 25.7. The summed E-state index contributed by atoms with van der Waals surface area (Å²) in [7, 11) is 4.14. The Morgan fingerprint density at radius 2 is 0.896 bits per heavy atom. The lowest BCUT2D eigenvalue weighted by Crippen LogP contribution is -2.39. The van der Waals surface area contributed by atoms with Crippen LogP contribution in [0.1, 0.15) is 51.2 Å². The third kappa shape index (κ3) is 3.61. The van der Waals surface area contributed by atoms with Crippen LogP contribution in [0.3, 0.4) is 0 Å². The van der Waals surface area contributed by atoms with Gasteiger partial charge in [-0.1, -0.05) is 72.8 Å². The maximum absolute atomic E-state index is 13.0. The zero-order valence-corrected chi connectivity index (χ0v) is 27.4. The van der Waals surface area contributed by atoms with Crippen LogP contribution < -0.4 is 21.1 Å². The van der Waals surface area contributed by atoms with Crippen molar-refractivity contribution >= 4 is 103 Å². The van der Waals surface area contributed by atoms with Crippen LogP contribution in [0.15, 0.2) is 71.8 Å². The Morgan fingerprint density at radius 1 is 0.542 bits per heavy atom. The van der Waals surface area contributed by atoms with Gasteiger partial charge in [-0.05, 0) is 24.3 Å². The quantitative estimate of drug-likeness (QED) is 0.198. The van der Waals surface area contributed by atoms with E-state index in [-0.39, 0.29) is 46.1 Å². The number of nitrogens with zero attached hydrogens (tertiary/aromatic N) is 2. The van der Waals surface area contributed by atoms with Crippen LogP contribution in [0.4, 0.5) is 0 Å². The van der Waals surface area contributed by atoms with Crippen LogP contribution in [0, 0.1) is 11.8 Å². The number of hydrogen-bond donors (Lipinski definition) is 0. The van der Waals surface area contributed by atoms with E-state index < -0.39 is 0 Å². The van der Waals surface area contributed by atoms with E-state index in [0.29, 0.717) is 22.3 Å². The number of allylic oxidation sites excluding steroid dienone is 2. The fourth-order valence-electron chi connectivity index (χ4n) is 7.79. The number of carbonyl (C=O) groups excluding carboxylic acids is 4. The Balaban J connectivity index is 1.04. The maximum Gasteiger partial charge on any atom is 0.197 e. The highest BCUT2D eigenvalue weighted by molar-refractivity contribution is 7.20. The Morgan fingerprint density at radius 3 is 1.25 bits per heavy atom.